The molecule has 0 fully saturated rings. The van der Waals surface area contributed by atoms with Crippen LogP contribution in [0.2, 0.25) is 0 Å². The number of fused-ring (bicyclic) bond motifs is 1. The van der Waals surface area contributed by atoms with Crippen LogP contribution in [-0.4, -0.2) is 16.7 Å². The van der Waals surface area contributed by atoms with Crippen molar-refractivity contribution in [2.45, 2.75) is 51.9 Å². The molecule has 2 N–H and O–H groups in total. The molecule has 0 radical (unpaired) electrons. The van der Waals surface area contributed by atoms with Gasteiger partial charge in [-0.15, -0.1) is 0 Å². The Kier molecular flexibility index (Phi) is 7.86. The first-order valence-electron chi connectivity index (χ1n) is 11.4. The number of nitrogens with zero attached hydrogens (tertiary/aromatic N) is 1. The van der Waals surface area contributed by atoms with Crippen molar-refractivity contribution in [2.75, 3.05) is 0 Å². The Labute approximate surface area is 207 Å². The van der Waals surface area contributed by atoms with Gasteiger partial charge in [-0.1, -0.05) is 42.5 Å². The number of allylic oxidation sites excluding steroid dienone is 3. The number of carbonyl (C=O) groups is 2. The Bertz CT molecular complexity index is 1260. The molecule has 8 heteroatoms. The fourth-order valence-corrected chi connectivity index (χ4v) is 4.63. The van der Waals surface area contributed by atoms with E-state index in [-0.39, 0.29) is 17.6 Å². The van der Waals surface area contributed by atoms with E-state index < -0.39 is 41.5 Å². The SMILES string of the molecule is C=C/C=C\C(C(=O)N([C@@H]1CCc2c(F)cc(C)cc21)[C@@H](C(N)=O)c1cccc(C(F)(F)F)c1)=C(C)C. The van der Waals surface area contributed by atoms with Crippen LogP contribution in [0.4, 0.5) is 17.6 Å². The number of rotatable bonds is 7. The van der Waals surface area contributed by atoms with Crippen LogP contribution in [0.5, 0.6) is 0 Å². The molecule has 1 aliphatic carbocycles. The number of alkyl halides is 3. The molecule has 190 valence electrons. The van der Waals surface area contributed by atoms with Gasteiger partial charge in [-0.25, -0.2) is 4.39 Å². The van der Waals surface area contributed by atoms with E-state index >= 15 is 0 Å². The lowest BCUT2D eigenvalue weighted by Gasteiger charge is -2.36. The molecule has 3 rings (SSSR count). The van der Waals surface area contributed by atoms with Gasteiger partial charge in [-0.05, 0) is 80.1 Å². The number of carbonyl (C=O) groups excluding carboxylic acids is 2. The molecule has 0 unspecified atom stereocenters. The zero-order valence-corrected chi connectivity index (χ0v) is 20.3. The van der Waals surface area contributed by atoms with Crippen molar-refractivity contribution in [1.82, 2.24) is 4.90 Å². The Balaban J connectivity index is 2.28. The minimum absolute atomic E-state index is 0.0759. The number of amides is 2. The van der Waals surface area contributed by atoms with Crippen LogP contribution in [0.15, 0.2) is 72.4 Å². The number of halogens is 4. The van der Waals surface area contributed by atoms with E-state index in [1.165, 1.54) is 35.3 Å². The van der Waals surface area contributed by atoms with Gasteiger partial charge in [0.15, 0.2) is 0 Å². The summed E-state index contributed by atoms with van der Waals surface area (Å²) in [5.74, 6) is -2.03. The first kappa shape index (κ1) is 26.9. The normalized spacial score (nSPS) is 15.9. The van der Waals surface area contributed by atoms with Crippen LogP contribution in [0.3, 0.4) is 0 Å². The van der Waals surface area contributed by atoms with Gasteiger partial charge >= 0.3 is 6.18 Å². The van der Waals surface area contributed by atoms with Gasteiger partial charge in [0.05, 0.1) is 11.6 Å². The van der Waals surface area contributed by atoms with E-state index in [0.29, 0.717) is 28.7 Å². The highest BCUT2D eigenvalue weighted by Gasteiger charge is 2.41. The van der Waals surface area contributed by atoms with Crippen LogP contribution < -0.4 is 5.73 Å². The Morgan fingerprint density at radius 2 is 1.89 bits per heavy atom. The molecule has 0 spiro atoms. The lowest BCUT2D eigenvalue weighted by molar-refractivity contribution is -0.140. The molecule has 2 atom stereocenters. The molecular formula is C28H28F4N2O2. The molecular weight excluding hydrogens is 472 g/mol. The summed E-state index contributed by atoms with van der Waals surface area (Å²) < 4.78 is 55.2. The van der Waals surface area contributed by atoms with E-state index in [2.05, 4.69) is 6.58 Å². The van der Waals surface area contributed by atoms with Crippen LogP contribution in [0, 0.1) is 12.7 Å². The molecule has 0 bridgehead atoms. The molecule has 2 aromatic rings. The van der Waals surface area contributed by atoms with Crippen molar-refractivity contribution >= 4 is 11.8 Å². The number of hydrogen-bond acceptors (Lipinski definition) is 2. The summed E-state index contributed by atoms with van der Waals surface area (Å²) in [7, 11) is 0. The summed E-state index contributed by atoms with van der Waals surface area (Å²) in [5.41, 5.74) is 7.10. The van der Waals surface area contributed by atoms with E-state index in [0.717, 1.165) is 12.1 Å². The lowest BCUT2D eigenvalue weighted by Crippen LogP contribution is -2.44. The summed E-state index contributed by atoms with van der Waals surface area (Å²) in [5, 5.41) is 0. The molecule has 2 amide bonds. The molecule has 0 aromatic heterocycles. The van der Waals surface area contributed by atoms with Crippen molar-refractivity contribution in [3.05, 3.63) is 106 Å². The highest BCUT2D eigenvalue weighted by molar-refractivity contribution is 6.00. The predicted molar refractivity (Wildman–Crippen MR) is 130 cm³/mol. The van der Waals surface area contributed by atoms with Gasteiger partial charge in [0.1, 0.15) is 11.9 Å². The maximum absolute atomic E-state index is 14.8. The fraction of sp³-hybridized carbons (Fsp3) is 0.286. The Morgan fingerprint density at radius 3 is 2.47 bits per heavy atom. The van der Waals surface area contributed by atoms with Crippen LogP contribution >= 0.6 is 0 Å². The minimum Gasteiger partial charge on any atom is -0.368 e. The predicted octanol–water partition coefficient (Wildman–Crippen LogP) is 6.27. The standard InChI is InChI=1S/C28H28F4N2O2/c1-5-6-10-20(16(2)3)27(36)34(24-12-11-21-22(24)13-17(4)14-23(21)29)25(26(33)35)18-8-7-9-19(15-18)28(30,31)32/h5-10,13-15,24-25H,1,11-12H2,2-4H3,(H2,33,35)/b10-6-/t24-,25-/m1/s1. The highest BCUT2D eigenvalue weighted by atomic mass is 19.4. The van der Waals surface area contributed by atoms with Gasteiger partial charge in [0.2, 0.25) is 5.91 Å². The number of benzene rings is 2. The van der Waals surface area contributed by atoms with Crippen molar-refractivity contribution in [2.24, 2.45) is 5.73 Å². The first-order valence-corrected chi connectivity index (χ1v) is 11.4. The van der Waals surface area contributed by atoms with Crippen molar-refractivity contribution in [3.8, 4) is 0 Å². The zero-order chi connectivity index (χ0) is 26.8. The zero-order valence-electron chi connectivity index (χ0n) is 20.3. The molecule has 36 heavy (non-hydrogen) atoms. The third kappa shape index (κ3) is 5.42. The second kappa shape index (κ2) is 10.5. The fourth-order valence-electron chi connectivity index (χ4n) is 4.63. The minimum atomic E-state index is -4.66. The maximum atomic E-state index is 14.8. The van der Waals surface area contributed by atoms with E-state index in [9.17, 15) is 27.2 Å². The van der Waals surface area contributed by atoms with Crippen LogP contribution in [-0.2, 0) is 22.2 Å². The summed E-state index contributed by atoms with van der Waals surface area (Å²) in [6.45, 7) is 8.72. The highest BCUT2D eigenvalue weighted by Crippen LogP contribution is 2.43. The van der Waals surface area contributed by atoms with E-state index in [1.54, 1.807) is 32.9 Å². The molecule has 4 nitrogen and oxygen atoms in total. The van der Waals surface area contributed by atoms with Crippen molar-refractivity contribution in [3.63, 3.8) is 0 Å². The van der Waals surface area contributed by atoms with Gasteiger partial charge in [-0.2, -0.15) is 13.2 Å². The van der Waals surface area contributed by atoms with Crippen molar-refractivity contribution in [1.29, 1.82) is 0 Å². The average Bonchev–Trinajstić information content (AvgIpc) is 3.20. The smallest absolute Gasteiger partial charge is 0.368 e. The average molecular weight is 501 g/mol. The van der Waals surface area contributed by atoms with Gasteiger partial charge in [0, 0.05) is 5.57 Å². The summed E-state index contributed by atoms with van der Waals surface area (Å²) in [6.07, 6.45) is 0.471. The Morgan fingerprint density at radius 1 is 1.19 bits per heavy atom. The second-order valence-electron chi connectivity index (χ2n) is 9.02. The van der Waals surface area contributed by atoms with Gasteiger partial charge in [-0.3, -0.25) is 9.59 Å². The third-order valence-electron chi connectivity index (χ3n) is 6.22. The monoisotopic (exact) mass is 500 g/mol. The molecule has 0 heterocycles. The van der Waals surface area contributed by atoms with Crippen LogP contribution in [0.25, 0.3) is 0 Å². The van der Waals surface area contributed by atoms with E-state index in [1.807, 2.05) is 0 Å². The Hall–Kier alpha value is -3.68. The number of nitrogens with two attached hydrogens (primary N) is 1. The third-order valence-corrected chi connectivity index (χ3v) is 6.22. The second-order valence-corrected chi connectivity index (χ2v) is 9.02. The number of hydrogen-bond donors (Lipinski definition) is 1. The quantitative estimate of drug-likeness (QED) is 0.277. The van der Waals surface area contributed by atoms with Crippen LogP contribution in [0.1, 0.15) is 60.2 Å². The van der Waals surface area contributed by atoms with Crippen molar-refractivity contribution < 1.29 is 27.2 Å². The largest absolute Gasteiger partial charge is 0.416 e. The summed E-state index contributed by atoms with van der Waals surface area (Å²) in [4.78, 5) is 28.1. The molecule has 0 saturated heterocycles. The number of primary amides is 1. The molecule has 0 saturated carbocycles. The van der Waals surface area contributed by atoms with E-state index in [4.69, 9.17) is 5.73 Å². The maximum Gasteiger partial charge on any atom is 0.416 e. The first-order chi connectivity index (χ1) is 16.9. The summed E-state index contributed by atoms with van der Waals surface area (Å²) in [6, 6.07) is 5.03. The topological polar surface area (TPSA) is 63.4 Å². The summed E-state index contributed by atoms with van der Waals surface area (Å²) >= 11 is 0. The lowest BCUT2D eigenvalue weighted by atomic mass is 9.95. The van der Waals surface area contributed by atoms with Gasteiger partial charge in [0.25, 0.3) is 5.91 Å². The molecule has 1 aliphatic rings. The molecule has 0 aliphatic heterocycles. The van der Waals surface area contributed by atoms with Gasteiger partial charge < -0.3 is 10.6 Å². The number of aryl methyl sites for hydroxylation is 1. The molecule has 2 aromatic carbocycles.